The third-order valence-electron chi connectivity index (χ3n) is 2.85. The molecule has 0 aliphatic carbocycles. The van der Waals surface area contributed by atoms with Crippen LogP contribution in [0.25, 0.3) is 0 Å². The Bertz CT molecular complexity index is 693. The van der Waals surface area contributed by atoms with Crippen molar-refractivity contribution in [3.05, 3.63) is 51.7 Å². The lowest BCUT2D eigenvalue weighted by atomic mass is 10.2. The minimum absolute atomic E-state index is 0.109. The molecule has 4 nitrogen and oxygen atoms in total. The molecule has 0 unspecified atom stereocenters. The van der Waals surface area contributed by atoms with Gasteiger partial charge >= 0.3 is 6.18 Å². The van der Waals surface area contributed by atoms with Crippen LogP contribution in [-0.4, -0.2) is 9.78 Å². The first-order valence-electron chi connectivity index (χ1n) is 5.66. The molecule has 0 N–H and O–H groups in total. The summed E-state index contributed by atoms with van der Waals surface area (Å²) < 4.78 is 64.8. The van der Waals surface area contributed by atoms with Crippen LogP contribution in [0.15, 0.2) is 23.4 Å². The molecule has 112 valence electrons. The summed E-state index contributed by atoms with van der Waals surface area (Å²) in [5, 5.41) is 5.62. The van der Waals surface area contributed by atoms with Crippen LogP contribution in [0.4, 0.5) is 27.6 Å². The molecular weight excluding hydrogens is 297 g/mol. The molecule has 21 heavy (non-hydrogen) atoms. The van der Waals surface area contributed by atoms with Crippen LogP contribution in [-0.2, 0) is 12.7 Å². The lowest BCUT2D eigenvalue weighted by Gasteiger charge is -2.05. The Kier molecular flexibility index (Phi) is 3.75. The van der Waals surface area contributed by atoms with Crippen molar-refractivity contribution < 1.29 is 22.0 Å². The van der Waals surface area contributed by atoms with Gasteiger partial charge in [0.15, 0.2) is 23.0 Å². The van der Waals surface area contributed by atoms with Crippen LogP contribution in [0.5, 0.6) is 0 Å². The Hall–Kier alpha value is -2.32. The van der Waals surface area contributed by atoms with Crippen LogP contribution in [0, 0.1) is 23.5 Å². The van der Waals surface area contributed by atoms with Gasteiger partial charge in [-0.3, -0.25) is 4.68 Å². The van der Waals surface area contributed by atoms with E-state index in [1.165, 1.54) is 13.0 Å². The third-order valence-corrected chi connectivity index (χ3v) is 2.85. The summed E-state index contributed by atoms with van der Waals surface area (Å²) >= 11 is 0. The zero-order valence-electron chi connectivity index (χ0n) is 10.6. The van der Waals surface area contributed by atoms with Crippen molar-refractivity contribution in [3.8, 4) is 0 Å². The number of alkyl halides is 3. The van der Waals surface area contributed by atoms with E-state index in [1.54, 1.807) is 0 Å². The molecule has 0 fully saturated rings. The van der Waals surface area contributed by atoms with Gasteiger partial charge in [0.25, 0.3) is 0 Å². The van der Waals surface area contributed by atoms with Crippen molar-refractivity contribution in [1.82, 2.24) is 9.78 Å². The number of rotatable bonds is 3. The van der Waals surface area contributed by atoms with Crippen LogP contribution in [0.1, 0.15) is 17.0 Å². The monoisotopic (exact) mass is 305 g/mol. The maximum atomic E-state index is 13.1. The third kappa shape index (κ3) is 2.91. The number of nitrogens with zero attached hydrogens (tertiary/aromatic N) is 3. The molecule has 1 aromatic heterocycles. The molecule has 0 radical (unpaired) electrons. The smallest absolute Gasteiger partial charge is 0.262 e. The molecule has 0 saturated carbocycles. The summed E-state index contributed by atoms with van der Waals surface area (Å²) in [7, 11) is 0. The van der Waals surface area contributed by atoms with Gasteiger partial charge in [0.1, 0.15) is 0 Å². The van der Waals surface area contributed by atoms with E-state index in [0.29, 0.717) is 0 Å². The highest BCUT2D eigenvalue weighted by atomic mass is 19.4. The quantitative estimate of drug-likeness (QED) is 0.637. The molecule has 0 atom stereocenters. The second-order valence-corrected chi connectivity index (χ2v) is 4.28. The fourth-order valence-electron chi connectivity index (χ4n) is 1.80. The van der Waals surface area contributed by atoms with E-state index in [1.807, 2.05) is 0 Å². The predicted molar refractivity (Wildman–Crippen MR) is 62.9 cm³/mol. The molecule has 2 rings (SSSR count). The highest BCUT2D eigenvalue weighted by Crippen LogP contribution is 2.37. The molecule has 0 aliphatic heterocycles. The SMILES string of the molecule is Cc1c(N=O)c(C(F)(F)F)nn1Cc1ccc(F)c(F)c1. The van der Waals surface area contributed by atoms with Gasteiger partial charge in [-0.25, -0.2) is 8.78 Å². The van der Waals surface area contributed by atoms with E-state index in [9.17, 15) is 26.9 Å². The number of hydrogen-bond acceptors (Lipinski definition) is 3. The zero-order chi connectivity index (χ0) is 15.8. The Morgan fingerprint density at radius 1 is 1.24 bits per heavy atom. The van der Waals surface area contributed by atoms with E-state index < -0.39 is 29.2 Å². The normalized spacial score (nSPS) is 11.7. The highest BCUT2D eigenvalue weighted by molar-refractivity contribution is 5.48. The van der Waals surface area contributed by atoms with Crippen LogP contribution >= 0.6 is 0 Å². The van der Waals surface area contributed by atoms with Gasteiger partial charge in [-0.05, 0) is 29.8 Å². The summed E-state index contributed by atoms with van der Waals surface area (Å²) in [5.74, 6) is -2.19. The van der Waals surface area contributed by atoms with Crippen molar-refractivity contribution in [2.45, 2.75) is 19.6 Å². The van der Waals surface area contributed by atoms with Gasteiger partial charge in [-0.1, -0.05) is 6.07 Å². The number of halogens is 5. The van der Waals surface area contributed by atoms with Crippen molar-refractivity contribution in [3.63, 3.8) is 0 Å². The van der Waals surface area contributed by atoms with Crippen molar-refractivity contribution in [1.29, 1.82) is 0 Å². The maximum absolute atomic E-state index is 13.1. The van der Waals surface area contributed by atoms with Gasteiger partial charge in [0.2, 0.25) is 0 Å². The number of benzene rings is 1. The van der Waals surface area contributed by atoms with Crippen LogP contribution in [0.2, 0.25) is 0 Å². The number of nitroso groups, excluding NO2 is 1. The number of hydrogen-bond donors (Lipinski definition) is 0. The van der Waals surface area contributed by atoms with E-state index in [2.05, 4.69) is 10.3 Å². The molecule has 2 aromatic rings. The van der Waals surface area contributed by atoms with Crippen molar-refractivity contribution in [2.24, 2.45) is 5.18 Å². The second kappa shape index (κ2) is 5.23. The lowest BCUT2D eigenvalue weighted by molar-refractivity contribution is -0.140. The molecule has 1 heterocycles. The summed E-state index contributed by atoms with van der Waals surface area (Å²) in [6.45, 7) is 0.987. The van der Waals surface area contributed by atoms with Crippen molar-refractivity contribution >= 4 is 5.69 Å². The maximum Gasteiger partial charge on any atom is 0.437 e. The molecular formula is C12H8F5N3O. The van der Waals surface area contributed by atoms with Crippen molar-refractivity contribution in [2.75, 3.05) is 0 Å². The molecule has 0 saturated heterocycles. The first kappa shape index (κ1) is 15.1. The molecule has 9 heteroatoms. The van der Waals surface area contributed by atoms with Gasteiger partial charge in [0.05, 0.1) is 12.2 Å². The van der Waals surface area contributed by atoms with E-state index in [4.69, 9.17) is 0 Å². The minimum Gasteiger partial charge on any atom is -0.262 e. The fourth-order valence-corrected chi connectivity index (χ4v) is 1.80. The summed E-state index contributed by atoms with van der Waals surface area (Å²) in [5.41, 5.74) is -2.13. The Morgan fingerprint density at radius 2 is 1.90 bits per heavy atom. The average molecular weight is 305 g/mol. The highest BCUT2D eigenvalue weighted by Gasteiger charge is 2.39. The number of aromatic nitrogens is 2. The van der Waals surface area contributed by atoms with Crippen LogP contribution < -0.4 is 0 Å². The molecule has 0 bridgehead atoms. The first-order chi connectivity index (χ1) is 9.74. The molecule has 1 aromatic carbocycles. The lowest BCUT2D eigenvalue weighted by Crippen LogP contribution is -2.09. The van der Waals surface area contributed by atoms with Crippen LogP contribution in [0.3, 0.4) is 0 Å². The second-order valence-electron chi connectivity index (χ2n) is 4.28. The Balaban J connectivity index is 2.43. The summed E-state index contributed by atoms with van der Waals surface area (Å²) in [4.78, 5) is 10.5. The Morgan fingerprint density at radius 3 is 2.38 bits per heavy atom. The molecule has 0 amide bonds. The van der Waals surface area contributed by atoms with Gasteiger partial charge in [-0.15, -0.1) is 4.91 Å². The van der Waals surface area contributed by atoms with Gasteiger partial charge in [-0.2, -0.15) is 18.3 Å². The fraction of sp³-hybridized carbons (Fsp3) is 0.250. The topological polar surface area (TPSA) is 47.2 Å². The van der Waals surface area contributed by atoms with E-state index in [-0.39, 0.29) is 17.8 Å². The Labute approximate surface area is 115 Å². The zero-order valence-corrected chi connectivity index (χ0v) is 10.6. The largest absolute Gasteiger partial charge is 0.437 e. The molecule has 0 spiro atoms. The standard InChI is InChI=1S/C12H8F5N3O/c1-6-10(19-21)11(12(15,16)17)18-20(6)5-7-2-3-8(13)9(14)4-7/h2-4H,5H2,1H3. The van der Waals surface area contributed by atoms with E-state index >= 15 is 0 Å². The summed E-state index contributed by atoms with van der Waals surface area (Å²) in [6, 6.07) is 2.91. The predicted octanol–water partition coefficient (Wildman–Crippen LogP) is 3.93. The van der Waals surface area contributed by atoms with E-state index in [0.717, 1.165) is 16.8 Å². The average Bonchev–Trinajstić information content (AvgIpc) is 2.71. The summed E-state index contributed by atoms with van der Waals surface area (Å²) in [6.07, 6.45) is -4.83. The first-order valence-corrected chi connectivity index (χ1v) is 5.66. The minimum atomic E-state index is -4.83. The van der Waals surface area contributed by atoms with Gasteiger partial charge in [0, 0.05) is 0 Å². The molecule has 0 aliphatic rings. The van der Waals surface area contributed by atoms with Gasteiger partial charge < -0.3 is 0 Å².